The summed E-state index contributed by atoms with van der Waals surface area (Å²) < 4.78 is 1.25. The lowest BCUT2D eigenvalue weighted by Crippen LogP contribution is -2.39. The predicted octanol–water partition coefficient (Wildman–Crippen LogP) is 4.42. The number of hydrogen-bond acceptors (Lipinski definition) is 4. The summed E-state index contributed by atoms with van der Waals surface area (Å²) in [6.45, 7) is 4.36. The van der Waals surface area contributed by atoms with Crippen LogP contribution in [0.1, 0.15) is 29.3 Å². The number of piperidine rings is 1. The molecule has 1 aliphatic heterocycles. The van der Waals surface area contributed by atoms with Gasteiger partial charge in [0.05, 0.1) is 21.8 Å². The fourth-order valence-electron chi connectivity index (χ4n) is 3.51. The molecule has 0 bridgehead atoms. The van der Waals surface area contributed by atoms with Crippen molar-refractivity contribution >= 4 is 33.1 Å². The van der Waals surface area contributed by atoms with Crippen molar-refractivity contribution in [3.63, 3.8) is 0 Å². The van der Waals surface area contributed by atoms with Gasteiger partial charge in [-0.1, -0.05) is 29.8 Å². The number of aryl methyl sites for hydroxylation is 1. The van der Waals surface area contributed by atoms with Crippen LogP contribution >= 0.6 is 11.3 Å². The maximum atomic E-state index is 12.4. The summed E-state index contributed by atoms with van der Waals surface area (Å²) >= 11 is 1.79. The van der Waals surface area contributed by atoms with Crippen LogP contribution in [0.25, 0.3) is 10.2 Å². The Morgan fingerprint density at radius 1 is 1.23 bits per heavy atom. The van der Waals surface area contributed by atoms with E-state index in [1.165, 1.54) is 15.3 Å². The van der Waals surface area contributed by atoms with Crippen LogP contribution in [0.5, 0.6) is 0 Å². The number of para-hydroxylation sites is 1. The molecule has 5 heteroatoms. The lowest BCUT2D eigenvalue weighted by Gasteiger charge is -2.31. The number of rotatable bonds is 4. The van der Waals surface area contributed by atoms with Gasteiger partial charge in [0.1, 0.15) is 0 Å². The van der Waals surface area contributed by atoms with Gasteiger partial charge in [-0.2, -0.15) is 0 Å². The Morgan fingerprint density at radius 3 is 2.85 bits per heavy atom. The summed E-state index contributed by atoms with van der Waals surface area (Å²) in [4.78, 5) is 19.5. The summed E-state index contributed by atoms with van der Waals surface area (Å²) in [6.07, 6.45) is 2.26. The maximum Gasteiger partial charge on any atom is 0.238 e. The molecule has 0 saturated carbocycles. The van der Waals surface area contributed by atoms with Gasteiger partial charge in [0, 0.05) is 18.2 Å². The molecule has 4 rings (SSSR count). The Kier molecular flexibility index (Phi) is 5.00. The quantitative estimate of drug-likeness (QED) is 0.744. The molecule has 1 atom stereocenters. The van der Waals surface area contributed by atoms with Crippen molar-refractivity contribution in [2.45, 2.75) is 25.7 Å². The lowest BCUT2D eigenvalue weighted by molar-refractivity contribution is -0.117. The third-order valence-corrected chi connectivity index (χ3v) is 6.07. The molecule has 4 nitrogen and oxygen atoms in total. The first-order valence-electron chi connectivity index (χ1n) is 9.12. The molecule has 0 aliphatic carbocycles. The van der Waals surface area contributed by atoms with Gasteiger partial charge in [0.15, 0.2) is 0 Å². The van der Waals surface area contributed by atoms with Crippen molar-refractivity contribution in [3.8, 4) is 0 Å². The Labute approximate surface area is 157 Å². The van der Waals surface area contributed by atoms with Gasteiger partial charge >= 0.3 is 0 Å². The number of likely N-dealkylation sites (tertiary alicyclic amines) is 1. The standard InChI is InChI=1S/C21H23N3OS/c1-15-8-10-17(11-9-15)22-20(25)14-24-12-4-5-16(13-24)21-23-18-6-2-3-7-19(18)26-21/h2-3,6-11,16H,4-5,12-14H2,1H3,(H,22,25)/t16-/m1/s1. The zero-order valence-corrected chi connectivity index (χ0v) is 15.8. The normalized spacial score (nSPS) is 18.1. The summed E-state index contributed by atoms with van der Waals surface area (Å²) in [5.74, 6) is 0.479. The van der Waals surface area contributed by atoms with Gasteiger partial charge in [-0.3, -0.25) is 9.69 Å². The molecule has 0 spiro atoms. The Morgan fingerprint density at radius 2 is 2.04 bits per heavy atom. The van der Waals surface area contributed by atoms with Crippen LogP contribution in [-0.2, 0) is 4.79 Å². The summed E-state index contributed by atoms with van der Waals surface area (Å²) in [5.41, 5.74) is 3.14. The number of thiazole rings is 1. The Hall–Kier alpha value is -2.24. The fourth-order valence-corrected chi connectivity index (χ4v) is 4.60. The van der Waals surface area contributed by atoms with E-state index < -0.39 is 0 Å². The van der Waals surface area contributed by atoms with Gasteiger partial charge in [0.25, 0.3) is 0 Å². The number of nitrogens with one attached hydrogen (secondary N) is 1. The molecule has 26 heavy (non-hydrogen) atoms. The Balaban J connectivity index is 1.38. The molecule has 1 N–H and O–H groups in total. The first-order valence-corrected chi connectivity index (χ1v) is 9.93. The number of benzene rings is 2. The highest BCUT2D eigenvalue weighted by Crippen LogP contribution is 2.32. The topological polar surface area (TPSA) is 45.2 Å². The first kappa shape index (κ1) is 17.2. The summed E-state index contributed by atoms with van der Waals surface area (Å²) in [6, 6.07) is 16.2. The molecule has 0 radical (unpaired) electrons. The van der Waals surface area contributed by atoms with E-state index in [0.717, 1.165) is 37.1 Å². The molecule has 1 saturated heterocycles. The SMILES string of the molecule is Cc1ccc(NC(=O)CN2CCC[C@@H](c3nc4ccccc4s3)C2)cc1. The average molecular weight is 366 g/mol. The molecule has 0 unspecified atom stereocenters. The molecule has 134 valence electrons. The van der Waals surface area contributed by atoms with E-state index in [1.807, 2.05) is 37.3 Å². The second kappa shape index (κ2) is 7.56. The van der Waals surface area contributed by atoms with Crippen molar-refractivity contribution in [1.82, 2.24) is 9.88 Å². The smallest absolute Gasteiger partial charge is 0.238 e. The van der Waals surface area contributed by atoms with E-state index in [4.69, 9.17) is 4.98 Å². The van der Waals surface area contributed by atoms with Crippen molar-refractivity contribution in [2.75, 3.05) is 25.0 Å². The molecule has 2 aromatic carbocycles. The molecule has 1 aliphatic rings. The number of nitrogens with zero attached hydrogens (tertiary/aromatic N) is 2. The number of amides is 1. The second-order valence-corrected chi connectivity index (χ2v) is 8.07. The zero-order chi connectivity index (χ0) is 17.9. The van der Waals surface area contributed by atoms with Gasteiger partial charge in [0.2, 0.25) is 5.91 Å². The number of hydrogen-bond donors (Lipinski definition) is 1. The van der Waals surface area contributed by atoms with Crippen LogP contribution in [0.4, 0.5) is 5.69 Å². The van der Waals surface area contributed by atoms with Gasteiger partial charge in [-0.25, -0.2) is 4.98 Å². The zero-order valence-electron chi connectivity index (χ0n) is 14.9. The van der Waals surface area contributed by atoms with Crippen LogP contribution in [0, 0.1) is 6.92 Å². The first-order chi connectivity index (χ1) is 12.7. The molecule has 1 fully saturated rings. The van der Waals surface area contributed by atoms with E-state index in [9.17, 15) is 4.79 Å². The second-order valence-electron chi connectivity index (χ2n) is 7.01. The van der Waals surface area contributed by atoms with Crippen LogP contribution in [0.3, 0.4) is 0 Å². The highest BCUT2D eigenvalue weighted by Gasteiger charge is 2.25. The number of aromatic nitrogens is 1. The summed E-state index contributed by atoms with van der Waals surface area (Å²) in [7, 11) is 0. The molecular formula is C21H23N3OS. The molecular weight excluding hydrogens is 342 g/mol. The maximum absolute atomic E-state index is 12.4. The highest BCUT2D eigenvalue weighted by molar-refractivity contribution is 7.18. The molecule has 1 amide bonds. The monoisotopic (exact) mass is 365 g/mol. The van der Waals surface area contributed by atoms with Crippen LogP contribution in [-0.4, -0.2) is 35.4 Å². The number of anilines is 1. The average Bonchev–Trinajstić information content (AvgIpc) is 3.08. The van der Waals surface area contributed by atoms with Crippen molar-refractivity contribution in [3.05, 3.63) is 59.1 Å². The molecule has 2 heterocycles. The Bertz CT molecular complexity index is 870. The van der Waals surface area contributed by atoms with E-state index in [-0.39, 0.29) is 5.91 Å². The van der Waals surface area contributed by atoms with Gasteiger partial charge < -0.3 is 5.32 Å². The minimum absolute atomic E-state index is 0.0544. The fraction of sp³-hybridized carbons (Fsp3) is 0.333. The predicted molar refractivity (Wildman–Crippen MR) is 108 cm³/mol. The summed E-state index contributed by atoms with van der Waals surface area (Å²) in [5, 5.41) is 4.20. The van der Waals surface area contributed by atoms with Crippen molar-refractivity contribution in [1.29, 1.82) is 0 Å². The third kappa shape index (κ3) is 3.94. The van der Waals surface area contributed by atoms with Gasteiger partial charge in [-0.15, -0.1) is 11.3 Å². The largest absolute Gasteiger partial charge is 0.325 e. The van der Waals surface area contributed by atoms with E-state index in [0.29, 0.717) is 12.5 Å². The number of carbonyl (C=O) groups excluding carboxylic acids is 1. The number of carbonyl (C=O) groups is 1. The van der Waals surface area contributed by atoms with E-state index in [1.54, 1.807) is 11.3 Å². The lowest BCUT2D eigenvalue weighted by atomic mass is 9.99. The molecule has 1 aromatic heterocycles. The van der Waals surface area contributed by atoms with Gasteiger partial charge in [-0.05, 0) is 50.6 Å². The van der Waals surface area contributed by atoms with Crippen LogP contribution < -0.4 is 5.32 Å². The van der Waals surface area contributed by atoms with E-state index in [2.05, 4.69) is 28.4 Å². The number of fused-ring (bicyclic) bond motifs is 1. The minimum Gasteiger partial charge on any atom is -0.325 e. The molecule has 3 aromatic rings. The van der Waals surface area contributed by atoms with E-state index >= 15 is 0 Å². The van der Waals surface area contributed by atoms with Crippen molar-refractivity contribution in [2.24, 2.45) is 0 Å². The van der Waals surface area contributed by atoms with Crippen LogP contribution in [0.2, 0.25) is 0 Å². The third-order valence-electron chi connectivity index (χ3n) is 4.87. The van der Waals surface area contributed by atoms with Crippen LogP contribution in [0.15, 0.2) is 48.5 Å². The van der Waals surface area contributed by atoms with Crippen molar-refractivity contribution < 1.29 is 4.79 Å². The highest BCUT2D eigenvalue weighted by atomic mass is 32.1. The minimum atomic E-state index is 0.0544.